The van der Waals surface area contributed by atoms with E-state index in [4.69, 9.17) is 4.74 Å². The van der Waals surface area contributed by atoms with Crippen LogP contribution in [-0.4, -0.2) is 33.5 Å². The summed E-state index contributed by atoms with van der Waals surface area (Å²) in [4.78, 5) is 13.0. The lowest BCUT2D eigenvalue weighted by Gasteiger charge is -2.27. The van der Waals surface area contributed by atoms with E-state index in [1.165, 1.54) is 29.3 Å². The van der Waals surface area contributed by atoms with Gasteiger partial charge in [-0.05, 0) is 81.3 Å². The molecule has 0 unspecified atom stereocenters. The summed E-state index contributed by atoms with van der Waals surface area (Å²) in [7, 11) is -3.92. The third-order valence-electron chi connectivity index (χ3n) is 6.42. The first-order chi connectivity index (χ1) is 14.9. The minimum Gasteiger partial charge on any atom is -0.494 e. The maximum atomic E-state index is 13.5. The van der Waals surface area contributed by atoms with E-state index < -0.39 is 10.0 Å². The molecule has 0 spiro atoms. The molecule has 31 heavy (non-hydrogen) atoms. The molecule has 0 aliphatic heterocycles. The maximum Gasteiger partial charge on any atom is 0.264 e. The number of ether oxygens (including phenoxy) is 1. The molecule has 2 fully saturated rings. The number of nitrogens with zero attached hydrogens (tertiary/aromatic N) is 1. The number of sulfonamides is 1. The molecule has 2 aliphatic rings. The first-order valence-electron chi connectivity index (χ1n) is 11.0. The lowest BCUT2D eigenvalue weighted by atomic mass is 9.95. The Balaban J connectivity index is 1.57. The molecule has 2 aromatic rings. The molecule has 2 saturated carbocycles. The highest BCUT2D eigenvalue weighted by Crippen LogP contribution is 2.44. The van der Waals surface area contributed by atoms with Gasteiger partial charge in [0, 0.05) is 6.04 Å². The van der Waals surface area contributed by atoms with Crippen molar-refractivity contribution in [3.8, 4) is 5.75 Å². The van der Waals surface area contributed by atoms with Crippen molar-refractivity contribution in [3.63, 3.8) is 0 Å². The Hall–Kier alpha value is -2.54. The molecule has 166 valence electrons. The fourth-order valence-corrected chi connectivity index (χ4v) is 6.25. The van der Waals surface area contributed by atoms with Crippen LogP contribution in [0.3, 0.4) is 0 Å². The number of carbonyl (C=O) groups excluding carboxylic acids is 1. The van der Waals surface area contributed by atoms with Crippen LogP contribution in [-0.2, 0) is 14.8 Å². The van der Waals surface area contributed by atoms with E-state index in [0.717, 1.165) is 18.4 Å². The Morgan fingerprint density at radius 3 is 2.35 bits per heavy atom. The van der Waals surface area contributed by atoms with Gasteiger partial charge in [0.1, 0.15) is 12.3 Å². The predicted molar refractivity (Wildman–Crippen MR) is 121 cm³/mol. The van der Waals surface area contributed by atoms with Crippen LogP contribution in [0.4, 0.5) is 5.69 Å². The summed E-state index contributed by atoms with van der Waals surface area (Å²) in [6.07, 6.45) is 4.59. The average molecular weight is 443 g/mol. The molecule has 7 heteroatoms. The van der Waals surface area contributed by atoms with E-state index in [1.54, 1.807) is 24.3 Å². The van der Waals surface area contributed by atoms with Crippen LogP contribution in [0.1, 0.15) is 38.2 Å². The average Bonchev–Trinajstić information content (AvgIpc) is 3.37. The SMILES string of the molecule is CCOc1ccc(S(=O)(=O)N(CC(=O)N[C@H]2C[C@H]3CC[C@@H]2C3)c2ccc(C)cc2)cc1. The van der Waals surface area contributed by atoms with Gasteiger partial charge in [0.05, 0.1) is 17.2 Å². The zero-order valence-electron chi connectivity index (χ0n) is 18.1. The highest BCUT2D eigenvalue weighted by Gasteiger charge is 2.40. The number of benzene rings is 2. The highest BCUT2D eigenvalue weighted by atomic mass is 32.2. The number of aryl methyl sites for hydroxylation is 1. The van der Waals surface area contributed by atoms with Crippen molar-refractivity contribution in [1.29, 1.82) is 0 Å². The molecule has 1 amide bonds. The molecule has 1 N–H and O–H groups in total. The number of hydrogen-bond acceptors (Lipinski definition) is 4. The van der Waals surface area contributed by atoms with E-state index in [1.807, 2.05) is 26.0 Å². The summed E-state index contributed by atoms with van der Waals surface area (Å²) in [5.41, 5.74) is 1.50. The zero-order chi connectivity index (χ0) is 22.0. The lowest BCUT2D eigenvalue weighted by Crippen LogP contribution is -2.46. The summed E-state index contributed by atoms with van der Waals surface area (Å²) >= 11 is 0. The van der Waals surface area contributed by atoms with E-state index in [9.17, 15) is 13.2 Å². The van der Waals surface area contributed by atoms with Crippen LogP contribution in [0.25, 0.3) is 0 Å². The van der Waals surface area contributed by atoms with E-state index in [2.05, 4.69) is 5.32 Å². The molecule has 3 atom stereocenters. The fraction of sp³-hybridized carbons (Fsp3) is 0.458. The number of hydrogen-bond donors (Lipinski definition) is 1. The van der Waals surface area contributed by atoms with Gasteiger partial charge in [-0.3, -0.25) is 9.10 Å². The number of amides is 1. The Kier molecular flexibility index (Phi) is 6.23. The molecule has 4 rings (SSSR count). The summed E-state index contributed by atoms with van der Waals surface area (Å²) in [6.45, 7) is 4.08. The van der Waals surface area contributed by atoms with Gasteiger partial charge in [-0.1, -0.05) is 24.1 Å². The van der Waals surface area contributed by atoms with Crippen LogP contribution >= 0.6 is 0 Å². The smallest absolute Gasteiger partial charge is 0.264 e. The van der Waals surface area contributed by atoms with Gasteiger partial charge < -0.3 is 10.1 Å². The summed E-state index contributed by atoms with van der Waals surface area (Å²) in [5.74, 6) is 1.59. The van der Waals surface area contributed by atoms with Gasteiger partial charge in [0.2, 0.25) is 5.91 Å². The van der Waals surface area contributed by atoms with Gasteiger partial charge >= 0.3 is 0 Å². The first kappa shape index (κ1) is 21.7. The number of rotatable bonds is 8. The standard InChI is InChI=1S/C24H30N2O4S/c1-3-30-21-10-12-22(13-11-21)31(28,29)26(20-8-4-17(2)5-9-20)16-24(27)25-23-15-18-6-7-19(23)14-18/h4-5,8-13,18-19,23H,3,6-7,14-16H2,1-2H3,(H,25,27)/t18-,19+,23-/m0/s1. The molecule has 0 heterocycles. The Labute approximate surface area is 184 Å². The molecule has 2 aromatic carbocycles. The Morgan fingerprint density at radius 2 is 1.77 bits per heavy atom. The second kappa shape index (κ2) is 8.91. The van der Waals surface area contributed by atoms with Crippen LogP contribution < -0.4 is 14.4 Å². The van der Waals surface area contributed by atoms with Crippen molar-refractivity contribution >= 4 is 21.6 Å². The normalized spacial score (nSPS) is 22.3. The number of fused-ring (bicyclic) bond motifs is 2. The maximum absolute atomic E-state index is 13.5. The van der Waals surface area contributed by atoms with E-state index in [-0.39, 0.29) is 23.4 Å². The molecular formula is C24H30N2O4S. The molecule has 0 aromatic heterocycles. The first-order valence-corrected chi connectivity index (χ1v) is 12.4. The van der Waals surface area contributed by atoms with Crippen molar-refractivity contribution in [2.45, 2.75) is 50.5 Å². The van der Waals surface area contributed by atoms with Gasteiger partial charge in [0.25, 0.3) is 10.0 Å². The van der Waals surface area contributed by atoms with Gasteiger partial charge in [0.15, 0.2) is 0 Å². The number of carbonyl (C=O) groups is 1. The summed E-state index contributed by atoms with van der Waals surface area (Å²) in [5, 5.41) is 3.11. The van der Waals surface area contributed by atoms with Crippen molar-refractivity contribution in [1.82, 2.24) is 5.32 Å². The molecule has 6 nitrogen and oxygen atoms in total. The van der Waals surface area contributed by atoms with E-state index in [0.29, 0.717) is 29.9 Å². The van der Waals surface area contributed by atoms with Crippen LogP contribution in [0, 0.1) is 18.8 Å². The van der Waals surface area contributed by atoms with Crippen molar-refractivity contribution in [2.24, 2.45) is 11.8 Å². The van der Waals surface area contributed by atoms with Crippen LogP contribution in [0.2, 0.25) is 0 Å². The van der Waals surface area contributed by atoms with Crippen LogP contribution in [0.5, 0.6) is 5.75 Å². The highest BCUT2D eigenvalue weighted by molar-refractivity contribution is 7.92. The van der Waals surface area contributed by atoms with Gasteiger partial charge in [-0.15, -0.1) is 0 Å². The Bertz CT molecular complexity index is 1020. The van der Waals surface area contributed by atoms with Gasteiger partial charge in [-0.25, -0.2) is 8.42 Å². The molecular weight excluding hydrogens is 412 g/mol. The molecule has 2 bridgehead atoms. The quantitative estimate of drug-likeness (QED) is 0.673. The Morgan fingerprint density at radius 1 is 1.06 bits per heavy atom. The monoisotopic (exact) mass is 442 g/mol. The van der Waals surface area contributed by atoms with E-state index >= 15 is 0 Å². The molecule has 2 aliphatic carbocycles. The minimum atomic E-state index is -3.92. The predicted octanol–water partition coefficient (Wildman–Crippen LogP) is 3.89. The topological polar surface area (TPSA) is 75.7 Å². The van der Waals surface area contributed by atoms with Gasteiger partial charge in [-0.2, -0.15) is 0 Å². The van der Waals surface area contributed by atoms with Crippen molar-refractivity contribution in [3.05, 3.63) is 54.1 Å². The second-order valence-corrected chi connectivity index (χ2v) is 10.5. The number of anilines is 1. The number of nitrogens with one attached hydrogen (secondary N) is 1. The summed E-state index contributed by atoms with van der Waals surface area (Å²) < 4.78 is 33.6. The fourth-order valence-electron chi connectivity index (χ4n) is 4.83. The van der Waals surface area contributed by atoms with Crippen molar-refractivity contribution < 1.29 is 17.9 Å². The minimum absolute atomic E-state index is 0.129. The lowest BCUT2D eigenvalue weighted by molar-refractivity contribution is -0.120. The zero-order valence-corrected chi connectivity index (χ0v) is 18.9. The largest absolute Gasteiger partial charge is 0.494 e. The third-order valence-corrected chi connectivity index (χ3v) is 8.20. The van der Waals surface area contributed by atoms with Crippen LogP contribution in [0.15, 0.2) is 53.4 Å². The summed E-state index contributed by atoms with van der Waals surface area (Å²) in [6, 6.07) is 13.7. The van der Waals surface area contributed by atoms with Crippen molar-refractivity contribution in [2.75, 3.05) is 17.5 Å². The molecule has 0 radical (unpaired) electrons. The molecule has 0 saturated heterocycles. The second-order valence-electron chi connectivity index (χ2n) is 8.60. The third kappa shape index (κ3) is 4.71.